The van der Waals surface area contributed by atoms with Crippen LogP contribution in [-0.4, -0.2) is 24.4 Å². The number of anilines is 2. The molecule has 3 aromatic rings. The molecule has 0 spiro atoms. The third-order valence-electron chi connectivity index (χ3n) is 3.68. The number of halogens is 4. The van der Waals surface area contributed by atoms with E-state index in [1.165, 1.54) is 30.5 Å². The lowest BCUT2D eigenvalue weighted by Gasteiger charge is -2.14. The van der Waals surface area contributed by atoms with E-state index in [0.29, 0.717) is 11.1 Å². The first-order valence-corrected chi connectivity index (χ1v) is 9.61. The SMILES string of the molecule is O=C(COC(=O)c1ccc(NC(=O)c2ccco2)s1)Nc1ccc(Cl)cc1C(F)(F)F. The summed E-state index contributed by atoms with van der Waals surface area (Å²) >= 11 is 6.47. The van der Waals surface area contributed by atoms with Crippen LogP contribution in [0.3, 0.4) is 0 Å². The van der Waals surface area contributed by atoms with Crippen LogP contribution >= 0.6 is 22.9 Å². The van der Waals surface area contributed by atoms with E-state index in [0.717, 1.165) is 17.4 Å². The first-order chi connectivity index (χ1) is 14.6. The Labute approximate surface area is 181 Å². The number of rotatable bonds is 6. The second-order valence-corrected chi connectivity index (χ2v) is 7.43. The van der Waals surface area contributed by atoms with Crippen LogP contribution in [0.4, 0.5) is 23.9 Å². The molecule has 3 rings (SSSR count). The zero-order valence-electron chi connectivity index (χ0n) is 15.3. The lowest BCUT2D eigenvalue weighted by molar-refractivity contribution is -0.137. The Morgan fingerprint density at radius 1 is 1.10 bits per heavy atom. The molecule has 0 radical (unpaired) electrons. The molecule has 31 heavy (non-hydrogen) atoms. The van der Waals surface area contributed by atoms with Crippen LogP contribution in [-0.2, 0) is 15.7 Å². The van der Waals surface area contributed by atoms with Gasteiger partial charge >= 0.3 is 12.1 Å². The maximum Gasteiger partial charge on any atom is 0.418 e. The normalized spacial score (nSPS) is 11.1. The molecule has 162 valence electrons. The zero-order chi connectivity index (χ0) is 22.6. The molecule has 1 aromatic carbocycles. The van der Waals surface area contributed by atoms with Crippen molar-refractivity contribution in [3.63, 3.8) is 0 Å². The van der Waals surface area contributed by atoms with Gasteiger partial charge in [0, 0.05) is 5.02 Å². The number of ether oxygens (including phenoxy) is 1. The van der Waals surface area contributed by atoms with Gasteiger partial charge in [0.05, 0.1) is 22.5 Å². The zero-order valence-corrected chi connectivity index (χ0v) is 16.9. The van der Waals surface area contributed by atoms with Gasteiger partial charge in [-0.2, -0.15) is 13.2 Å². The summed E-state index contributed by atoms with van der Waals surface area (Å²) in [7, 11) is 0. The monoisotopic (exact) mass is 472 g/mol. The molecule has 0 saturated carbocycles. The summed E-state index contributed by atoms with van der Waals surface area (Å²) in [5.74, 6) is -2.29. The fraction of sp³-hybridized carbons (Fsp3) is 0.105. The van der Waals surface area contributed by atoms with Gasteiger partial charge in [0.2, 0.25) is 0 Å². The summed E-state index contributed by atoms with van der Waals surface area (Å²) in [6.45, 7) is -0.815. The third-order valence-corrected chi connectivity index (χ3v) is 4.90. The number of thiophene rings is 1. The number of hydrogen-bond donors (Lipinski definition) is 2. The van der Waals surface area contributed by atoms with E-state index >= 15 is 0 Å². The van der Waals surface area contributed by atoms with E-state index in [1.54, 1.807) is 6.07 Å². The number of carbonyl (C=O) groups excluding carboxylic acids is 3. The predicted molar refractivity (Wildman–Crippen MR) is 106 cm³/mol. The molecule has 0 aliphatic rings. The minimum Gasteiger partial charge on any atom is -0.459 e. The third kappa shape index (κ3) is 5.86. The van der Waals surface area contributed by atoms with Crippen molar-refractivity contribution in [3.8, 4) is 0 Å². The predicted octanol–water partition coefficient (Wildman–Crippen LogP) is 5.06. The largest absolute Gasteiger partial charge is 0.459 e. The van der Waals surface area contributed by atoms with Crippen LogP contribution in [0.5, 0.6) is 0 Å². The molecule has 0 unspecified atom stereocenters. The summed E-state index contributed by atoms with van der Waals surface area (Å²) < 4.78 is 49.0. The Bertz CT molecular complexity index is 1110. The molecule has 0 bridgehead atoms. The van der Waals surface area contributed by atoms with E-state index in [9.17, 15) is 27.6 Å². The number of carbonyl (C=O) groups is 3. The highest BCUT2D eigenvalue weighted by Gasteiger charge is 2.34. The smallest absolute Gasteiger partial charge is 0.418 e. The van der Waals surface area contributed by atoms with E-state index in [-0.39, 0.29) is 15.7 Å². The molecular formula is C19H12ClF3N2O5S. The van der Waals surface area contributed by atoms with Gasteiger partial charge in [-0.25, -0.2) is 4.79 Å². The second kappa shape index (κ2) is 9.23. The number of esters is 1. The highest BCUT2D eigenvalue weighted by atomic mass is 35.5. The van der Waals surface area contributed by atoms with Gasteiger partial charge in [0.25, 0.3) is 11.8 Å². The van der Waals surface area contributed by atoms with Crippen LogP contribution in [0, 0.1) is 0 Å². The number of hydrogen-bond acceptors (Lipinski definition) is 6. The van der Waals surface area contributed by atoms with Crippen molar-refractivity contribution in [2.45, 2.75) is 6.18 Å². The van der Waals surface area contributed by atoms with Crippen LogP contribution in [0.1, 0.15) is 25.8 Å². The van der Waals surface area contributed by atoms with Crippen LogP contribution in [0.2, 0.25) is 5.02 Å². The highest BCUT2D eigenvalue weighted by Crippen LogP contribution is 2.36. The van der Waals surface area contributed by atoms with Crippen molar-refractivity contribution in [2.24, 2.45) is 0 Å². The van der Waals surface area contributed by atoms with Crippen molar-refractivity contribution in [2.75, 3.05) is 17.2 Å². The topological polar surface area (TPSA) is 97.6 Å². The van der Waals surface area contributed by atoms with E-state index in [4.69, 9.17) is 20.8 Å². The van der Waals surface area contributed by atoms with Crippen molar-refractivity contribution in [1.82, 2.24) is 0 Å². The molecule has 0 saturated heterocycles. The molecule has 2 amide bonds. The fourth-order valence-corrected chi connectivity index (χ4v) is 3.31. The Morgan fingerprint density at radius 2 is 1.87 bits per heavy atom. The van der Waals surface area contributed by atoms with Gasteiger partial charge < -0.3 is 19.8 Å². The molecule has 0 aliphatic heterocycles. The standard InChI is InChI=1S/C19H12ClF3N2O5S/c20-10-3-4-12(11(8-10)19(21,22)23)24-15(26)9-30-18(28)14-5-6-16(31-14)25-17(27)13-2-1-7-29-13/h1-8H,9H2,(H,24,26)(H,25,27). The van der Waals surface area contributed by atoms with Gasteiger partial charge in [0.1, 0.15) is 4.88 Å². The fourth-order valence-electron chi connectivity index (χ4n) is 2.34. The lowest BCUT2D eigenvalue weighted by Crippen LogP contribution is -2.22. The van der Waals surface area contributed by atoms with Gasteiger partial charge in [-0.3, -0.25) is 9.59 Å². The first-order valence-electron chi connectivity index (χ1n) is 8.42. The number of nitrogens with one attached hydrogen (secondary N) is 2. The lowest BCUT2D eigenvalue weighted by atomic mass is 10.1. The maximum absolute atomic E-state index is 13.1. The quantitative estimate of drug-likeness (QED) is 0.489. The Hall–Kier alpha value is -3.31. The number of alkyl halides is 3. The second-order valence-electron chi connectivity index (χ2n) is 5.91. The van der Waals surface area contributed by atoms with Crippen molar-refractivity contribution < 1.29 is 36.7 Å². The number of benzene rings is 1. The van der Waals surface area contributed by atoms with Gasteiger partial charge in [-0.1, -0.05) is 11.6 Å². The minimum atomic E-state index is -4.74. The van der Waals surface area contributed by atoms with Gasteiger partial charge in [-0.05, 0) is 42.5 Å². The van der Waals surface area contributed by atoms with E-state index in [1.807, 2.05) is 5.32 Å². The van der Waals surface area contributed by atoms with E-state index in [2.05, 4.69) is 5.32 Å². The summed E-state index contributed by atoms with van der Waals surface area (Å²) in [5, 5.41) is 4.74. The highest BCUT2D eigenvalue weighted by molar-refractivity contribution is 7.18. The Balaban J connectivity index is 1.56. The van der Waals surface area contributed by atoms with Crippen molar-refractivity contribution in [1.29, 1.82) is 0 Å². The van der Waals surface area contributed by atoms with Crippen molar-refractivity contribution >= 4 is 51.4 Å². The van der Waals surface area contributed by atoms with Crippen LogP contribution < -0.4 is 10.6 Å². The Morgan fingerprint density at radius 3 is 2.55 bits per heavy atom. The summed E-state index contributed by atoms with van der Waals surface area (Å²) in [5.41, 5.74) is -1.65. The van der Waals surface area contributed by atoms with Gasteiger partial charge in [0.15, 0.2) is 12.4 Å². The molecule has 0 fully saturated rings. The van der Waals surface area contributed by atoms with Crippen LogP contribution in [0.15, 0.2) is 53.1 Å². The molecular weight excluding hydrogens is 461 g/mol. The summed E-state index contributed by atoms with van der Waals surface area (Å²) in [6, 6.07) is 8.67. The molecule has 12 heteroatoms. The van der Waals surface area contributed by atoms with Crippen molar-refractivity contribution in [3.05, 3.63) is 70.0 Å². The van der Waals surface area contributed by atoms with Gasteiger partial charge in [-0.15, -0.1) is 11.3 Å². The average molecular weight is 473 g/mol. The minimum absolute atomic E-state index is 0.0741. The molecule has 2 heterocycles. The molecule has 7 nitrogen and oxygen atoms in total. The summed E-state index contributed by atoms with van der Waals surface area (Å²) in [4.78, 5) is 36.0. The van der Waals surface area contributed by atoms with E-state index < -0.39 is 41.8 Å². The average Bonchev–Trinajstić information content (AvgIpc) is 3.39. The molecule has 2 aromatic heterocycles. The molecule has 0 aliphatic carbocycles. The summed E-state index contributed by atoms with van der Waals surface area (Å²) in [6.07, 6.45) is -3.41. The number of amides is 2. The number of furan rings is 1. The molecule has 0 atom stereocenters. The van der Waals surface area contributed by atoms with Crippen LogP contribution in [0.25, 0.3) is 0 Å². The molecule has 2 N–H and O–H groups in total. The maximum atomic E-state index is 13.1. The first kappa shape index (κ1) is 22.4. The Kier molecular flexibility index (Phi) is 6.66.